The third kappa shape index (κ3) is 6.05. The van der Waals surface area contributed by atoms with Gasteiger partial charge in [0.15, 0.2) is 0 Å². The van der Waals surface area contributed by atoms with Crippen molar-refractivity contribution in [3.05, 3.63) is 65.5 Å². The fourth-order valence-corrected chi connectivity index (χ4v) is 3.93. The molecule has 1 saturated carbocycles. The summed E-state index contributed by atoms with van der Waals surface area (Å²) >= 11 is 0. The molecule has 2 aliphatic rings. The highest BCUT2D eigenvalue weighted by Gasteiger charge is 2.25. The lowest BCUT2D eigenvalue weighted by Gasteiger charge is -2.19. The number of halogens is 1. The van der Waals surface area contributed by atoms with Gasteiger partial charge in [0.2, 0.25) is 0 Å². The summed E-state index contributed by atoms with van der Waals surface area (Å²) in [5, 5.41) is 5.66. The first-order chi connectivity index (χ1) is 15.5. The summed E-state index contributed by atoms with van der Waals surface area (Å²) in [5.41, 5.74) is 8.80. The van der Waals surface area contributed by atoms with Crippen LogP contribution in [0.2, 0.25) is 0 Å². The highest BCUT2D eigenvalue weighted by atomic mass is 19.1. The van der Waals surface area contributed by atoms with Gasteiger partial charge in [0.05, 0.1) is 0 Å². The van der Waals surface area contributed by atoms with Gasteiger partial charge >= 0.3 is 6.03 Å². The zero-order valence-electron chi connectivity index (χ0n) is 18.2. The van der Waals surface area contributed by atoms with Gasteiger partial charge in [-0.1, -0.05) is 18.2 Å². The predicted octanol–water partition coefficient (Wildman–Crippen LogP) is 3.57. The fourth-order valence-electron chi connectivity index (χ4n) is 3.93. The SMILES string of the molecule is CN(CCCC1CC(c2ccc(F)cc2)NN1)C(=O)c1cccc(NC(=O)NC2CC2)c1. The normalized spacial score (nSPS) is 20.1. The zero-order valence-corrected chi connectivity index (χ0v) is 18.2. The van der Waals surface area contributed by atoms with Gasteiger partial charge in [-0.05, 0) is 68.0 Å². The van der Waals surface area contributed by atoms with Gasteiger partial charge in [-0.25, -0.2) is 9.18 Å². The summed E-state index contributed by atoms with van der Waals surface area (Å²) < 4.78 is 13.1. The Bertz CT molecular complexity index is 948. The molecule has 7 nitrogen and oxygen atoms in total. The van der Waals surface area contributed by atoms with Gasteiger partial charge < -0.3 is 15.5 Å². The van der Waals surface area contributed by atoms with E-state index in [1.165, 1.54) is 12.1 Å². The van der Waals surface area contributed by atoms with Crippen LogP contribution in [-0.4, -0.2) is 42.5 Å². The summed E-state index contributed by atoms with van der Waals surface area (Å²) in [6.45, 7) is 0.637. The second-order valence-electron chi connectivity index (χ2n) is 8.65. The van der Waals surface area contributed by atoms with Crippen LogP contribution in [0.5, 0.6) is 0 Å². The summed E-state index contributed by atoms with van der Waals surface area (Å²) in [4.78, 5) is 26.4. The molecule has 0 spiro atoms. The Morgan fingerprint density at radius 2 is 1.91 bits per heavy atom. The Morgan fingerprint density at radius 1 is 1.12 bits per heavy atom. The van der Waals surface area contributed by atoms with Crippen LogP contribution in [-0.2, 0) is 0 Å². The quantitative estimate of drug-likeness (QED) is 0.507. The number of amides is 3. The molecule has 2 fully saturated rings. The second kappa shape index (κ2) is 10.1. The number of benzene rings is 2. The third-order valence-electron chi connectivity index (χ3n) is 5.93. The van der Waals surface area contributed by atoms with E-state index in [-0.39, 0.29) is 29.8 Å². The summed E-state index contributed by atoms with van der Waals surface area (Å²) in [6.07, 6.45) is 4.75. The Balaban J connectivity index is 1.21. The molecule has 2 aromatic rings. The first-order valence-electron chi connectivity index (χ1n) is 11.2. The number of rotatable bonds is 8. The molecule has 2 atom stereocenters. The minimum Gasteiger partial charge on any atom is -0.342 e. The molecule has 1 aliphatic carbocycles. The molecular formula is C24H30FN5O2. The van der Waals surface area contributed by atoms with Crippen LogP contribution in [0.4, 0.5) is 14.9 Å². The number of urea groups is 1. The molecule has 32 heavy (non-hydrogen) atoms. The van der Waals surface area contributed by atoms with E-state index in [1.54, 1.807) is 36.2 Å². The lowest BCUT2D eigenvalue weighted by molar-refractivity contribution is 0.0791. The van der Waals surface area contributed by atoms with E-state index in [9.17, 15) is 14.0 Å². The lowest BCUT2D eigenvalue weighted by atomic mass is 9.99. The Hall–Kier alpha value is -2.97. The van der Waals surface area contributed by atoms with Crippen molar-refractivity contribution >= 4 is 17.6 Å². The van der Waals surface area contributed by atoms with Gasteiger partial charge in [-0.3, -0.25) is 15.6 Å². The Morgan fingerprint density at radius 3 is 2.66 bits per heavy atom. The topological polar surface area (TPSA) is 85.5 Å². The molecule has 1 heterocycles. The molecule has 2 unspecified atom stereocenters. The summed E-state index contributed by atoms with van der Waals surface area (Å²) in [7, 11) is 1.80. The van der Waals surface area contributed by atoms with Crippen molar-refractivity contribution in [3.63, 3.8) is 0 Å². The maximum atomic E-state index is 13.1. The predicted molar refractivity (Wildman–Crippen MR) is 122 cm³/mol. The van der Waals surface area contributed by atoms with Crippen molar-refractivity contribution in [1.82, 2.24) is 21.1 Å². The van der Waals surface area contributed by atoms with Crippen molar-refractivity contribution in [2.24, 2.45) is 0 Å². The van der Waals surface area contributed by atoms with Crippen LogP contribution < -0.4 is 21.5 Å². The molecule has 0 radical (unpaired) electrons. The van der Waals surface area contributed by atoms with Gasteiger partial charge in [-0.2, -0.15) is 0 Å². The van der Waals surface area contributed by atoms with E-state index in [0.29, 0.717) is 23.8 Å². The van der Waals surface area contributed by atoms with Crippen molar-refractivity contribution in [1.29, 1.82) is 0 Å². The second-order valence-corrected chi connectivity index (χ2v) is 8.65. The van der Waals surface area contributed by atoms with Crippen molar-refractivity contribution in [2.45, 2.75) is 50.2 Å². The average molecular weight is 440 g/mol. The molecular weight excluding hydrogens is 409 g/mol. The Kier molecular flexibility index (Phi) is 7.02. The van der Waals surface area contributed by atoms with Crippen LogP contribution in [0.25, 0.3) is 0 Å². The first kappa shape index (κ1) is 22.2. The minimum atomic E-state index is -0.234. The number of hydrogen-bond donors (Lipinski definition) is 4. The van der Waals surface area contributed by atoms with Gasteiger partial charge in [0.1, 0.15) is 5.82 Å². The summed E-state index contributed by atoms with van der Waals surface area (Å²) in [6, 6.07) is 14.1. The zero-order chi connectivity index (χ0) is 22.5. The molecule has 0 aromatic heterocycles. The standard InChI is InChI=1S/C24H30FN5O2/c1-30(13-3-6-21-15-22(29-28-21)16-7-9-18(25)10-8-16)23(31)17-4-2-5-20(14-17)27-24(32)26-19-11-12-19/h2,4-5,7-10,14,19,21-22,28-29H,3,6,11-13,15H2,1H3,(H2,26,27,32). The number of carbonyl (C=O) groups excluding carboxylic acids is 2. The van der Waals surface area contributed by atoms with E-state index in [2.05, 4.69) is 21.5 Å². The maximum Gasteiger partial charge on any atom is 0.319 e. The number of anilines is 1. The molecule has 8 heteroatoms. The van der Waals surface area contributed by atoms with Crippen LogP contribution >= 0.6 is 0 Å². The number of hydrogen-bond acceptors (Lipinski definition) is 4. The molecule has 2 aromatic carbocycles. The van der Waals surface area contributed by atoms with Crippen LogP contribution in [0.1, 0.15) is 54.1 Å². The van der Waals surface area contributed by atoms with Crippen LogP contribution in [0.15, 0.2) is 48.5 Å². The Labute approximate surface area is 187 Å². The molecule has 1 aliphatic heterocycles. The number of hydrazine groups is 1. The van der Waals surface area contributed by atoms with Crippen molar-refractivity contribution < 1.29 is 14.0 Å². The average Bonchev–Trinajstić information content (AvgIpc) is 3.47. The monoisotopic (exact) mass is 439 g/mol. The molecule has 4 N–H and O–H groups in total. The highest BCUT2D eigenvalue weighted by molar-refractivity contribution is 5.96. The smallest absolute Gasteiger partial charge is 0.319 e. The van der Waals surface area contributed by atoms with E-state index in [0.717, 1.165) is 37.7 Å². The van der Waals surface area contributed by atoms with Gasteiger partial charge in [0.25, 0.3) is 5.91 Å². The van der Waals surface area contributed by atoms with Crippen LogP contribution in [0, 0.1) is 5.82 Å². The first-order valence-corrected chi connectivity index (χ1v) is 11.2. The van der Waals surface area contributed by atoms with Crippen LogP contribution in [0.3, 0.4) is 0 Å². The molecule has 3 amide bonds. The number of nitrogens with zero attached hydrogens (tertiary/aromatic N) is 1. The van der Waals surface area contributed by atoms with E-state index in [1.807, 2.05) is 12.1 Å². The largest absolute Gasteiger partial charge is 0.342 e. The lowest BCUT2D eigenvalue weighted by Crippen LogP contribution is -2.32. The number of carbonyl (C=O) groups is 2. The van der Waals surface area contributed by atoms with Crippen molar-refractivity contribution in [3.8, 4) is 0 Å². The third-order valence-corrected chi connectivity index (χ3v) is 5.93. The molecule has 1 saturated heterocycles. The summed E-state index contributed by atoms with van der Waals surface area (Å²) in [5.74, 6) is -0.301. The van der Waals surface area contributed by atoms with Gasteiger partial charge in [-0.15, -0.1) is 0 Å². The molecule has 4 rings (SSSR count). The van der Waals surface area contributed by atoms with Gasteiger partial charge in [0, 0.05) is 43.0 Å². The molecule has 0 bridgehead atoms. The minimum absolute atomic E-state index is 0.0713. The van der Waals surface area contributed by atoms with E-state index >= 15 is 0 Å². The fraction of sp³-hybridized carbons (Fsp3) is 0.417. The highest BCUT2D eigenvalue weighted by Crippen LogP contribution is 2.24. The molecule has 170 valence electrons. The maximum absolute atomic E-state index is 13.1. The number of nitrogens with one attached hydrogen (secondary N) is 4. The van der Waals surface area contributed by atoms with Crippen molar-refractivity contribution in [2.75, 3.05) is 18.9 Å². The van der Waals surface area contributed by atoms with E-state index in [4.69, 9.17) is 0 Å². The van der Waals surface area contributed by atoms with E-state index < -0.39 is 0 Å².